The van der Waals surface area contributed by atoms with E-state index in [2.05, 4.69) is 136 Å². The normalized spacial score (nSPS) is 14.5. The molecular weight excluding hydrogens is 500 g/mol. The average molecular weight is 541 g/mol. The molecule has 0 saturated heterocycles. The molecule has 5 aromatic carbocycles. The maximum atomic E-state index is 13.6. The molecule has 1 aliphatic heterocycles. The first-order chi connectivity index (χ1) is 19.7. The lowest BCUT2D eigenvalue weighted by atomic mass is 9.81. The lowest BCUT2D eigenvalue weighted by Crippen LogP contribution is -2.22. The molecule has 1 heterocycles. The molecule has 6 rings (SSSR count). The molecule has 2 N–H and O–H groups in total. The number of anilines is 2. The van der Waals surface area contributed by atoms with Crippen molar-refractivity contribution in [1.29, 1.82) is 0 Å². The number of carbonyl (C=O) groups is 1. The van der Waals surface area contributed by atoms with E-state index in [-0.39, 0.29) is 23.2 Å². The van der Waals surface area contributed by atoms with E-state index >= 15 is 0 Å². The molecule has 0 bridgehead atoms. The van der Waals surface area contributed by atoms with Crippen molar-refractivity contribution in [1.82, 2.24) is 0 Å². The molecule has 1 aliphatic rings. The van der Waals surface area contributed by atoms with Crippen LogP contribution in [0.4, 0.5) is 11.4 Å². The van der Waals surface area contributed by atoms with Gasteiger partial charge in [0.25, 0.3) is 0 Å². The fourth-order valence-corrected chi connectivity index (χ4v) is 6.44. The minimum absolute atomic E-state index is 0.0716. The third kappa shape index (κ3) is 5.46. The second kappa shape index (κ2) is 10.7. The first kappa shape index (κ1) is 27.1. The first-order valence-electron chi connectivity index (χ1n) is 14.9. The van der Waals surface area contributed by atoms with E-state index in [1.165, 1.54) is 55.0 Å². The van der Waals surface area contributed by atoms with Crippen LogP contribution < -0.4 is 10.6 Å². The SMILES string of the molecule is CC(c1ccc2ccccc2c1)c1cc2c(c(C(C)c3ccc4ccccc4c3)c1NC(=O)CC(C)(C)C)CCN2. The van der Waals surface area contributed by atoms with Gasteiger partial charge in [-0.05, 0) is 67.3 Å². The van der Waals surface area contributed by atoms with Crippen LogP contribution in [0.3, 0.4) is 0 Å². The molecule has 0 aliphatic carbocycles. The molecule has 1 amide bonds. The third-order valence-corrected chi connectivity index (χ3v) is 8.60. The molecule has 0 spiro atoms. The average Bonchev–Trinajstić information content (AvgIpc) is 3.43. The Bertz CT molecular complexity index is 1760. The first-order valence-corrected chi connectivity index (χ1v) is 14.9. The highest BCUT2D eigenvalue weighted by atomic mass is 16.1. The van der Waals surface area contributed by atoms with Crippen molar-refractivity contribution in [3.8, 4) is 0 Å². The molecule has 41 heavy (non-hydrogen) atoms. The summed E-state index contributed by atoms with van der Waals surface area (Å²) in [6, 6.07) is 32.9. The zero-order valence-corrected chi connectivity index (χ0v) is 24.8. The quantitative estimate of drug-likeness (QED) is 0.225. The van der Waals surface area contributed by atoms with Gasteiger partial charge in [-0.25, -0.2) is 0 Å². The Hall–Kier alpha value is -4.11. The number of carbonyl (C=O) groups excluding carboxylic acids is 1. The molecule has 208 valence electrons. The predicted molar refractivity (Wildman–Crippen MR) is 174 cm³/mol. The van der Waals surface area contributed by atoms with E-state index in [9.17, 15) is 4.79 Å². The lowest BCUT2D eigenvalue weighted by molar-refractivity contribution is -0.117. The van der Waals surface area contributed by atoms with Crippen LogP contribution in [0.1, 0.15) is 80.7 Å². The summed E-state index contributed by atoms with van der Waals surface area (Å²) < 4.78 is 0. The highest BCUT2D eigenvalue weighted by molar-refractivity contribution is 5.95. The van der Waals surface area contributed by atoms with Crippen molar-refractivity contribution in [3.05, 3.63) is 119 Å². The van der Waals surface area contributed by atoms with E-state index < -0.39 is 0 Å². The minimum atomic E-state index is -0.101. The number of fused-ring (bicyclic) bond motifs is 3. The Morgan fingerprint density at radius 1 is 0.780 bits per heavy atom. The molecule has 0 radical (unpaired) electrons. The number of hydrogen-bond acceptors (Lipinski definition) is 2. The van der Waals surface area contributed by atoms with Crippen LogP contribution in [0.5, 0.6) is 0 Å². The molecule has 0 saturated carbocycles. The Balaban J connectivity index is 1.52. The number of benzene rings is 5. The van der Waals surface area contributed by atoms with Gasteiger partial charge in [-0.3, -0.25) is 4.79 Å². The second-order valence-electron chi connectivity index (χ2n) is 12.9. The maximum Gasteiger partial charge on any atom is 0.224 e. The summed E-state index contributed by atoms with van der Waals surface area (Å²) in [6.45, 7) is 11.8. The Labute approximate surface area is 244 Å². The van der Waals surface area contributed by atoms with Gasteiger partial charge in [0.05, 0.1) is 0 Å². The van der Waals surface area contributed by atoms with Crippen LogP contribution in [0.2, 0.25) is 0 Å². The number of nitrogens with one attached hydrogen (secondary N) is 2. The summed E-state index contributed by atoms with van der Waals surface area (Å²) >= 11 is 0. The summed E-state index contributed by atoms with van der Waals surface area (Å²) in [5.41, 5.74) is 8.33. The zero-order valence-electron chi connectivity index (χ0n) is 24.8. The van der Waals surface area contributed by atoms with Gasteiger partial charge in [-0.2, -0.15) is 0 Å². The van der Waals surface area contributed by atoms with Crippen LogP contribution in [0.25, 0.3) is 21.5 Å². The monoisotopic (exact) mass is 540 g/mol. The largest absolute Gasteiger partial charge is 0.384 e. The summed E-state index contributed by atoms with van der Waals surface area (Å²) in [5.74, 6) is 0.282. The summed E-state index contributed by atoms with van der Waals surface area (Å²) in [6.07, 6.45) is 1.42. The maximum absolute atomic E-state index is 13.6. The lowest BCUT2D eigenvalue weighted by Gasteiger charge is -2.28. The number of rotatable bonds is 6. The van der Waals surface area contributed by atoms with Crippen molar-refractivity contribution in [2.45, 2.75) is 59.3 Å². The van der Waals surface area contributed by atoms with Crippen molar-refractivity contribution < 1.29 is 4.79 Å². The van der Waals surface area contributed by atoms with Gasteiger partial charge in [0, 0.05) is 36.2 Å². The standard InChI is InChI=1S/C38H40N2O/c1-24(28-16-14-26-10-6-8-12-30(26)20-28)33-22-34-32(18-19-39-34)36(37(33)40-35(41)23-38(3,4)5)25(2)29-17-15-27-11-7-9-13-31(27)21-29/h6-17,20-22,24-25,39H,18-19,23H2,1-5H3,(H,40,41). The third-order valence-electron chi connectivity index (χ3n) is 8.60. The van der Waals surface area contributed by atoms with Gasteiger partial charge in [0.2, 0.25) is 5.91 Å². The van der Waals surface area contributed by atoms with E-state index in [1.807, 2.05) is 0 Å². The van der Waals surface area contributed by atoms with Gasteiger partial charge >= 0.3 is 0 Å². The molecule has 0 aromatic heterocycles. The van der Waals surface area contributed by atoms with Gasteiger partial charge in [-0.1, -0.05) is 120 Å². The van der Waals surface area contributed by atoms with Crippen LogP contribution in [-0.4, -0.2) is 12.5 Å². The van der Waals surface area contributed by atoms with Crippen molar-refractivity contribution >= 4 is 38.8 Å². The van der Waals surface area contributed by atoms with Crippen LogP contribution in [0, 0.1) is 5.41 Å². The molecule has 3 heteroatoms. The van der Waals surface area contributed by atoms with Crippen LogP contribution in [0.15, 0.2) is 91.0 Å². The molecule has 2 unspecified atom stereocenters. The Morgan fingerprint density at radius 2 is 1.34 bits per heavy atom. The van der Waals surface area contributed by atoms with E-state index in [4.69, 9.17) is 0 Å². The van der Waals surface area contributed by atoms with Gasteiger partial charge in [-0.15, -0.1) is 0 Å². The van der Waals surface area contributed by atoms with E-state index in [1.54, 1.807) is 0 Å². The van der Waals surface area contributed by atoms with Gasteiger partial charge in [0.1, 0.15) is 0 Å². The highest BCUT2D eigenvalue weighted by Crippen LogP contribution is 2.45. The molecular formula is C38H40N2O. The van der Waals surface area contributed by atoms with E-state index in [0.717, 1.165) is 18.7 Å². The topological polar surface area (TPSA) is 41.1 Å². The van der Waals surface area contributed by atoms with E-state index in [0.29, 0.717) is 6.42 Å². The van der Waals surface area contributed by atoms with Crippen LogP contribution >= 0.6 is 0 Å². The number of amides is 1. The van der Waals surface area contributed by atoms with Crippen molar-refractivity contribution in [2.75, 3.05) is 17.2 Å². The Kier molecular flexibility index (Phi) is 7.07. The van der Waals surface area contributed by atoms with Crippen molar-refractivity contribution in [3.63, 3.8) is 0 Å². The highest BCUT2D eigenvalue weighted by Gasteiger charge is 2.29. The second-order valence-corrected chi connectivity index (χ2v) is 12.9. The minimum Gasteiger partial charge on any atom is -0.384 e. The Morgan fingerprint density at radius 3 is 1.93 bits per heavy atom. The van der Waals surface area contributed by atoms with Gasteiger partial charge < -0.3 is 10.6 Å². The van der Waals surface area contributed by atoms with Crippen molar-refractivity contribution in [2.24, 2.45) is 5.41 Å². The molecule has 0 fully saturated rings. The van der Waals surface area contributed by atoms with Gasteiger partial charge in [0.15, 0.2) is 0 Å². The fourth-order valence-electron chi connectivity index (χ4n) is 6.44. The number of hydrogen-bond donors (Lipinski definition) is 2. The summed E-state index contributed by atoms with van der Waals surface area (Å²) in [4.78, 5) is 13.6. The van der Waals surface area contributed by atoms with Crippen LogP contribution in [-0.2, 0) is 11.2 Å². The molecule has 3 nitrogen and oxygen atoms in total. The summed E-state index contributed by atoms with van der Waals surface area (Å²) in [5, 5.41) is 12.1. The molecule has 5 aromatic rings. The fraction of sp³-hybridized carbons (Fsp3) is 0.289. The zero-order chi connectivity index (χ0) is 28.7. The molecule has 2 atom stereocenters. The smallest absolute Gasteiger partial charge is 0.224 e. The predicted octanol–water partition coefficient (Wildman–Crippen LogP) is 9.64. The summed E-state index contributed by atoms with van der Waals surface area (Å²) in [7, 11) is 0.